The Labute approximate surface area is 172 Å². The predicted molar refractivity (Wildman–Crippen MR) is 117 cm³/mol. The fourth-order valence-corrected chi connectivity index (χ4v) is 4.74. The van der Waals surface area contributed by atoms with E-state index in [1.54, 1.807) is 0 Å². The minimum absolute atomic E-state index is 0. The molecule has 2 N–H and O–H groups in total. The molecule has 0 aromatic heterocycles. The molecule has 6 nitrogen and oxygen atoms in total. The Morgan fingerprint density at radius 3 is 2.72 bits per heavy atom. The molecule has 0 amide bonds. The lowest BCUT2D eigenvalue weighted by molar-refractivity contribution is 0.0394. The van der Waals surface area contributed by atoms with Crippen molar-refractivity contribution in [3.05, 3.63) is 0 Å². The highest BCUT2D eigenvalue weighted by Crippen LogP contribution is 2.22. The molecule has 1 heterocycles. The van der Waals surface area contributed by atoms with Gasteiger partial charge in [-0.1, -0.05) is 13.3 Å². The van der Waals surface area contributed by atoms with E-state index in [-0.39, 0.29) is 24.0 Å². The van der Waals surface area contributed by atoms with Crippen molar-refractivity contribution in [2.75, 3.05) is 51.7 Å². The zero-order valence-electron chi connectivity index (χ0n) is 15.7. The fourth-order valence-electron chi connectivity index (χ4n) is 3.39. The molecular weight excluding hydrogens is 451 g/mol. The Balaban J connectivity index is 0.00000312. The van der Waals surface area contributed by atoms with Gasteiger partial charge >= 0.3 is 0 Å². The number of hydrogen-bond acceptors (Lipinski definition) is 4. The average molecular weight is 486 g/mol. The molecule has 8 heteroatoms. The van der Waals surface area contributed by atoms with Crippen LogP contribution in [-0.2, 0) is 15.5 Å². The van der Waals surface area contributed by atoms with Crippen molar-refractivity contribution in [2.45, 2.75) is 50.8 Å². The number of nitrogens with one attached hydrogen (secondary N) is 2. The molecule has 1 saturated heterocycles. The maximum atomic E-state index is 12.1. The normalized spacial score (nSPS) is 26.6. The lowest BCUT2D eigenvalue weighted by Gasteiger charge is -2.30. The van der Waals surface area contributed by atoms with Crippen molar-refractivity contribution in [3.8, 4) is 0 Å². The van der Waals surface area contributed by atoms with Gasteiger partial charge in [0.15, 0.2) is 5.96 Å². The van der Waals surface area contributed by atoms with Crippen molar-refractivity contribution < 1.29 is 8.95 Å². The Morgan fingerprint density at radius 1 is 1.28 bits per heavy atom. The Morgan fingerprint density at radius 2 is 2.04 bits per heavy atom. The second kappa shape index (κ2) is 13.3. The van der Waals surface area contributed by atoms with Crippen LogP contribution in [0.5, 0.6) is 0 Å². The Hall–Kier alpha value is 0.0700. The average Bonchev–Trinajstić information content (AvgIpc) is 2.62. The first-order valence-electron chi connectivity index (χ1n) is 9.45. The summed E-state index contributed by atoms with van der Waals surface area (Å²) in [6, 6.07) is 0.389. The van der Waals surface area contributed by atoms with Gasteiger partial charge < -0.3 is 15.4 Å². The Kier molecular flexibility index (Phi) is 12.3. The van der Waals surface area contributed by atoms with Gasteiger partial charge in [0.05, 0.1) is 19.8 Å². The Bertz CT molecular complexity index is 419. The number of rotatable bonds is 7. The lowest BCUT2D eigenvalue weighted by atomic mass is 9.95. The smallest absolute Gasteiger partial charge is 0.191 e. The van der Waals surface area contributed by atoms with Gasteiger partial charge in [0.25, 0.3) is 0 Å². The molecule has 2 fully saturated rings. The summed E-state index contributed by atoms with van der Waals surface area (Å²) in [5, 5.41) is 7.26. The molecule has 2 aliphatic rings. The van der Waals surface area contributed by atoms with Gasteiger partial charge in [-0.2, -0.15) is 0 Å². The summed E-state index contributed by atoms with van der Waals surface area (Å²) >= 11 is 0. The highest BCUT2D eigenvalue weighted by molar-refractivity contribution is 14.0. The molecule has 1 aliphatic heterocycles. The highest BCUT2D eigenvalue weighted by atomic mass is 127. The van der Waals surface area contributed by atoms with Crippen molar-refractivity contribution in [3.63, 3.8) is 0 Å². The van der Waals surface area contributed by atoms with E-state index in [4.69, 9.17) is 9.73 Å². The van der Waals surface area contributed by atoms with E-state index in [2.05, 4.69) is 22.5 Å². The number of guanidine groups is 1. The van der Waals surface area contributed by atoms with Crippen LogP contribution >= 0.6 is 24.0 Å². The number of hydrogen-bond donors (Lipinski definition) is 2. The van der Waals surface area contributed by atoms with E-state index in [0.717, 1.165) is 83.3 Å². The van der Waals surface area contributed by atoms with Crippen LogP contribution in [0.25, 0.3) is 0 Å². The molecule has 3 atom stereocenters. The SMILES string of the molecule is CCNC(=NCCN1CCOCC1)NC1CCCC(S(=O)CC)C1.I. The van der Waals surface area contributed by atoms with Crippen LogP contribution in [0.1, 0.15) is 39.5 Å². The van der Waals surface area contributed by atoms with Gasteiger partial charge in [0.2, 0.25) is 0 Å². The zero-order valence-corrected chi connectivity index (χ0v) is 18.8. The standard InChI is InChI=1S/C17H34N4O2S.HI/c1-3-18-17(19-8-9-21-10-12-23-13-11-21)20-15-6-5-7-16(14-15)24(22)4-2;/h15-16H,3-14H2,1-2H3,(H2,18,19,20);1H. The monoisotopic (exact) mass is 486 g/mol. The van der Waals surface area contributed by atoms with Crippen LogP contribution < -0.4 is 10.6 Å². The van der Waals surface area contributed by atoms with Gasteiger partial charge in [-0.25, -0.2) is 0 Å². The molecule has 1 saturated carbocycles. The second-order valence-corrected chi connectivity index (χ2v) is 8.52. The number of aliphatic imine (C=N–C) groups is 1. The molecular formula is C17H35IN4O2S. The van der Waals surface area contributed by atoms with E-state index in [9.17, 15) is 4.21 Å². The van der Waals surface area contributed by atoms with Crippen LogP contribution in [0.2, 0.25) is 0 Å². The molecule has 0 spiro atoms. The molecule has 0 radical (unpaired) electrons. The van der Waals surface area contributed by atoms with E-state index >= 15 is 0 Å². The van der Waals surface area contributed by atoms with Crippen LogP contribution in [0, 0.1) is 0 Å². The lowest BCUT2D eigenvalue weighted by Crippen LogP contribution is -2.47. The van der Waals surface area contributed by atoms with Crippen molar-refractivity contribution in [1.82, 2.24) is 15.5 Å². The molecule has 2 rings (SSSR count). The van der Waals surface area contributed by atoms with E-state index in [0.29, 0.717) is 11.3 Å². The number of halogens is 1. The van der Waals surface area contributed by atoms with Crippen molar-refractivity contribution >= 4 is 40.7 Å². The van der Waals surface area contributed by atoms with Gasteiger partial charge in [-0.15, -0.1) is 24.0 Å². The molecule has 25 heavy (non-hydrogen) atoms. The number of nitrogens with zero attached hydrogens (tertiary/aromatic N) is 2. The van der Waals surface area contributed by atoms with E-state index in [1.165, 1.54) is 0 Å². The number of morpholine rings is 1. The van der Waals surface area contributed by atoms with Gasteiger partial charge in [-0.05, 0) is 26.2 Å². The van der Waals surface area contributed by atoms with Crippen molar-refractivity contribution in [1.29, 1.82) is 0 Å². The first kappa shape index (κ1) is 23.1. The third-order valence-corrected chi connectivity index (χ3v) is 6.50. The van der Waals surface area contributed by atoms with Gasteiger partial charge in [0.1, 0.15) is 0 Å². The quantitative estimate of drug-likeness (QED) is 0.325. The predicted octanol–water partition coefficient (Wildman–Crippen LogP) is 1.57. The third-order valence-electron chi connectivity index (χ3n) is 4.76. The summed E-state index contributed by atoms with van der Waals surface area (Å²) in [6.07, 6.45) is 4.39. The third kappa shape index (κ3) is 8.53. The molecule has 3 unspecified atom stereocenters. The van der Waals surface area contributed by atoms with Crippen LogP contribution in [0.4, 0.5) is 0 Å². The van der Waals surface area contributed by atoms with Crippen LogP contribution in [-0.4, -0.2) is 78.1 Å². The molecule has 1 aliphatic carbocycles. The first-order chi connectivity index (χ1) is 11.7. The molecule has 0 bridgehead atoms. The van der Waals surface area contributed by atoms with Crippen LogP contribution in [0.15, 0.2) is 4.99 Å². The molecule has 0 aromatic carbocycles. The summed E-state index contributed by atoms with van der Waals surface area (Å²) in [5.74, 6) is 1.67. The maximum Gasteiger partial charge on any atom is 0.191 e. The highest BCUT2D eigenvalue weighted by Gasteiger charge is 2.26. The minimum atomic E-state index is -0.680. The topological polar surface area (TPSA) is 66.0 Å². The number of ether oxygens (including phenoxy) is 1. The largest absolute Gasteiger partial charge is 0.379 e. The summed E-state index contributed by atoms with van der Waals surface area (Å²) < 4.78 is 17.5. The first-order valence-corrected chi connectivity index (χ1v) is 10.8. The van der Waals surface area contributed by atoms with E-state index < -0.39 is 10.8 Å². The van der Waals surface area contributed by atoms with E-state index in [1.807, 2.05) is 6.92 Å². The molecule has 0 aromatic rings. The van der Waals surface area contributed by atoms with Crippen molar-refractivity contribution in [2.24, 2.45) is 4.99 Å². The second-order valence-electron chi connectivity index (χ2n) is 6.51. The zero-order chi connectivity index (χ0) is 17.2. The fraction of sp³-hybridized carbons (Fsp3) is 0.941. The minimum Gasteiger partial charge on any atom is -0.379 e. The maximum absolute atomic E-state index is 12.1. The summed E-state index contributed by atoms with van der Waals surface area (Å²) in [6.45, 7) is 10.4. The summed E-state index contributed by atoms with van der Waals surface area (Å²) in [5.41, 5.74) is 0. The summed E-state index contributed by atoms with van der Waals surface area (Å²) in [4.78, 5) is 7.13. The van der Waals surface area contributed by atoms with Crippen LogP contribution in [0.3, 0.4) is 0 Å². The van der Waals surface area contributed by atoms with Gasteiger partial charge in [-0.3, -0.25) is 14.1 Å². The summed E-state index contributed by atoms with van der Waals surface area (Å²) in [7, 11) is -0.680. The van der Waals surface area contributed by atoms with Gasteiger partial charge in [0, 0.05) is 54.0 Å². The molecule has 148 valence electrons.